The molecule has 0 saturated carbocycles. The molecule has 1 aliphatic heterocycles. The van der Waals surface area contributed by atoms with Crippen molar-refractivity contribution in [3.05, 3.63) is 0 Å². The van der Waals surface area contributed by atoms with Crippen molar-refractivity contribution < 1.29 is 0 Å². The molecule has 1 unspecified atom stereocenters. The van der Waals surface area contributed by atoms with Gasteiger partial charge in [0.25, 0.3) is 0 Å². The molecule has 0 spiro atoms. The summed E-state index contributed by atoms with van der Waals surface area (Å²) in [5, 5.41) is 8.40. The Bertz CT molecular complexity index is 141. The average molecular weight is 134 g/mol. The first-order valence-corrected chi connectivity index (χ1v) is 3.69. The highest BCUT2D eigenvalue weighted by atomic mass is 15.0. The van der Waals surface area contributed by atoms with Crippen LogP contribution >= 0.6 is 0 Å². The first-order valence-electron chi connectivity index (χ1n) is 3.69. The van der Waals surface area contributed by atoms with Gasteiger partial charge in [0.15, 0.2) is 7.98 Å². The van der Waals surface area contributed by atoms with E-state index in [1.807, 2.05) is 4.81 Å². The summed E-state index contributed by atoms with van der Waals surface area (Å²) in [6.07, 6.45) is 2.97. The molecule has 0 bridgehead atoms. The van der Waals surface area contributed by atoms with Crippen LogP contribution in [0.1, 0.15) is 19.3 Å². The Morgan fingerprint density at radius 2 is 2.50 bits per heavy atom. The van der Waals surface area contributed by atoms with Crippen molar-refractivity contribution in [3.8, 4) is 6.07 Å². The van der Waals surface area contributed by atoms with Gasteiger partial charge in [-0.15, -0.1) is 0 Å². The van der Waals surface area contributed by atoms with Crippen molar-refractivity contribution in [2.75, 3.05) is 13.1 Å². The summed E-state index contributed by atoms with van der Waals surface area (Å²) in [7, 11) is 5.58. The molecule has 10 heavy (non-hydrogen) atoms. The maximum atomic E-state index is 8.40. The highest BCUT2D eigenvalue weighted by Gasteiger charge is 2.15. The standard InChI is InChI=1S/C7H11BN2/c8-10-5-1-2-7(6-10)3-4-9/h7H,1-3,5-6H2. The fourth-order valence-electron chi connectivity index (χ4n) is 1.39. The van der Waals surface area contributed by atoms with E-state index in [0.29, 0.717) is 12.3 Å². The molecule has 0 N–H and O–H groups in total. The number of rotatable bonds is 1. The van der Waals surface area contributed by atoms with Gasteiger partial charge in [-0.2, -0.15) is 5.26 Å². The molecule has 0 aromatic rings. The lowest BCUT2D eigenvalue weighted by molar-refractivity contribution is 0.279. The van der Waals surface area contributed by atoms with Crippen LogP contribution < -0.4 is 0 Å². The smallest absolute Gasteiger partial charge is 0.182 e. The van der Waals surface area contributed by atoms with Gasteiger partial charge in [0.1, 0.15) is 0 Å². The van der Waals surface area contributed by atoms with Crippen LogP contribution in [0, 0.1) is 17.2 Å². The zero-order valence-corrected chi connectivity index (χ0v) is 6.08. The number of hydrogen-bond acceptors (Lipinski definition) is 2. The Kier molecular flexibility index (Phi) is 2.76. The molecule has 1 rings (SSSR count). The van der Waals surface area contributed by atoms with Crippen molar-refractivity contribution in [2.24, 2.45) is 5.92 Å². The number of nitrogens with zero attached hydrogens (tertiary/aromatic N) is 2. The van der Waals surface area contributed by atoms with E-state index in [0.717, 1.165) is 19.5 Å². The van der Waals surface area contributed by atoms with Crippen LogP contribution in [0.2, 0.25) is 0 Å². The molecule has 1 fully saturated rings. The van der Waals surface area contributed by atoms with Gasteiger partial charge in [-0.25, -0.2) is 0 Å². The van der Waals surface area contributed by atoms with Gasteiger partial charge >= 0.3 is 0 Å². The van der Waals surface area contributed by atoms with Crippen LogP contribution in [0.15, 0.2) is 0 Å². The Morgan fingerprint density at radius 3 is 3.10 bits per heavy atom. The van der Waals surface area contributed by atoms with Gasteiger partial charge in [0.2, 0.25) is 0 Å². The Balaban J connectivity index is 2.27. The Morgan fingerprint density at radius 1 is 1.70 bits per heavy atom. The quantitative estimate of drug-likeness (QED) is 0.493. The molecule has 1 heterocycles. The fourth-order valence-corrected chi connectivity index (χ4v) is 1.39. The number of piperidine rings is 1. The second-order valence-corrected chi connectivity index (χ2v) is 2.87. The second-order valence-electron chi connectivity index (χ2n) is 2.87. The Labute approximate surface area is 63.2 Å². The van der Waals surface area contributed by atoms with Crippen molar-refractivity contribution in [1.82, 2.24) is 4.81 Å². The van der Waals surface area contributed by atoms with E-state index in [4.69, 9.17) is 13.2 Å². The van der Waals surface area contributed by atoms with Crippen LogP contribution in [0.3, 0.4) is 0 Å². The van der Waals surface area contributed by atoms with Gasteiger partial charge in [-0.3, -0.25) is 0 Å². The lowest BCUT2D eigenvalue weighted by atomic mass is 9.94. The molecular weight excluding hydrogens is 123 g/mol. The summed E-state index contributed by atoms with van der Waals surface area (Å²) in [6, 6.07) is 2.18. The van der Waals surface area contributed by atoms with E-state index in [2.05, 4.69) is 6.07 Å². The molecule has 0 amide bonds. The normalized spacial score (nSPS) is 27.7. The molecule has 0 aromatic heterocycles. The minimum absolute atomic E-state index is 0.517. The van der Waals surface area contributed by atoms with E-state index in [9.17, 15) is 0 Å². The van der Waals surface area contributed by atoms with Crippen molar-refractivity contribution >= 4 is 7.98 Å². The van der Waals surface area contributed by atoms with Gasteiger partial charge in [-0.1, -0.05) is 0 Å². The minimum atomic E-state index is 0.517. The van der Waals surface area contributed by atoms with Gasteiger partial charge in [-0.05, 0) is 31.8 Å². The van der Waals surface area contributed by atoms with Crippen LogP contribution in [0.4, 0.5) is 0 Å². The predicted octanol–water partition coefficient (Wildman–Crippen LogP) is 0.696. The van der Waals surface area contributed by atoms with Gasteiger partial charge < -0.3 is 4.81 Å². The van der Waals surface area contributed by atoms with Crippen LogP contribution in [0.5, 0.6) is 0 Å². The second kappa shape index (κ2) is 3.63. The van der Waals surface area contributed by atoms with Gasteiger partial charge in [0.05, 0.1) is 6.07 Å². The molecule has 1 atom stereocenters. The summed E-state index contributed by atoms with van der Waals surface area (Å²) in [5.74, 6) is 0.517. The average Bonchev–Trinajstić information content (AvgIpc) is 1.88. The van der Waals surface area contributed by atoms with Crippen molar-refractivity contribution in [2.45, 2.75) is 19.3 Å². The lowest BCUT2D eigenvalue weighted by Crippen LogP contribution is -2.32. The highest BCUT2D eigenvalue weighted by Crippen LogP contribution is 2.16. The molecule has 3 heteroatoms. The summed E-state index contributed by atoms with van der Waals surface area (Å²) in [5.41, 5.74) is 0. The summed E-state index contributed by atoms with van der Waals surface area (Å²) in [6.45, 7) is 1.88. The minimum Gasteiger partial charge on any atom is -0.353 e. The zero-order valence-electron chi connectivity index (χ0n) is 6.08. The third kappa shape index (κ3) is 2.04. The molecule has 0 aromatic carbocycles. The van der Waals surface area contributed by atoms with Gasteiger partial charge in [0, 0.05) is 6.42 Å². The largest absolute Gasteiger partial charge is 0.353 e. The first kappa shape index (κ1) is 7.62. The summed E-state index contributed by atoms with van der Waals surface area (Å²) >= 11 is 0. The highest BCUT2D eigenvalue weighted by molar-refractivity contribution is 6.04. The van der Waals surface area contributed by atoms with E-state index < -0.39 is 0 Å². The van der Waals surface area contributed by atoms with Crippen molar-refractivity contribution in [1.29, 1.82) is 5.26 Å². The number of hydrogen-bond donors (Lipinski definition) is 0. The van der Waals surface area contributed by atoms with Crippen LogP contribution in [0.25, 0.3) is 0 Å². The molecule has 2 radical (unpaired) electrons. The topological polar surface area (TPSA) is 27.0 Å². The van der Waals surface area contributed by atoms with Crippen LogP contribution in [-0.4, -0.2) is 25.9 Å². The SMILES string of the molecule is [B]N1CCCC(CC#N)C1. The van der Waals surface area contributed by atoms with Crippen molar-refractivity contribution in [3.63, 3.8) is 0 Å². The third-order valence-corrected chi connectivity index (χ3v) is 1.93. The molecule has 1 saturated heterocycles. The van der Waals surface area contributed by atoms with E-state index in [1.54, 1.807) is 0 Å². The first-order chi connectivity index (χ1) is 4.83. The fraction of sp³-hybridized carbons (Fsp3) is 0.857. The summed E-state index contributed by atoms with van der Waals surface area (Å²) < 4.78 is 0. The molecule has 1 aliphatic rings. The van der Waals surface area contributed by atoms with E-state index in [1.165, 1.54) is 6.42 Å². The molecular formula is C7H11BN2. The lowest BCUT2D eigenvalue weighted by Gasteiger charge is -2.28. The molecule has 2 nitrogen and oxygen atoms in total. The Hall–Kier alpha value is -0.485. The number of nitriles is 1. The molecule has 0 aliphatic carbocycles. The monoisotopic (exact) mass is 134 g/mol. The zero-order chi connectivity index (χ0) is 7.40. The van der Waals surface area contributed by atoms with E-state index >= 15 is 0 Å². The maximum Gasteiger partial charge on any atom is 0.182 e. The van der Waals surface area contributed by atoms with E-state index in [-0.39, 0.29) is 0 Å². The maximum absolute atomic E-state index is 8.40. The molecule has 52 valence electrons. The van der Waals surface area contributed by atoms with Crippen LogP contribution in [-0.2, 0) is 0 Å². The third-order valence-electron chi connectivity index (χ3n) is 1.93. The predicted molar refractivity (Wildman–Crippen MR) is 40.3 cm³/mol. The summed E-state index contributed by atoms with van der Waals surface area (Å²) in [4.78, 5) is 1.81.